The summed E-state index contributed by atoms with van der Waals surface area (Å²) >= 11 is 1.44. The van der Waals surface area contributed by atoms with Crippen LogP contribution in [-0.4, -0.2) is 22.2 Å². The van der Waals surface area contributed by atoms with Gasteiger partial charge in [-0.05, 0) is 62.8 Å². The lowest BCUT2D eigenvalue weighted by molar-refractivity contribution is 0.594. The van der Waals surface area contributed by atoms with E-state index in [-0.39, 0.29) is 11.9 Å². The minimum Gasteiger partial charge on any atom is -0.313 e. The van der Waals surface area contributed by atoms with Crippen molar-refractivity contribution in [3.8, 4) is 0 Å². The second-order valence-electron chi connectivity index (χ2n) is 4.46. The third kappa shape index (κ3) is 3.13. The van der Waals surface area contributed by atoms with Crippen LogP contribution in [0.5, 0.6) is 0 Å². The maximum atomic E-state index is 13.7. The van der Waals surface area contributed by atoms with Crippen molar-refractivity contribution in [3.05, 3.63) is 34.9 Å². The SMILES string of the molecule is CNC(C)c1cc(F)c(C)cc1Sc1n[nH]c(C)n1. The summed E-state index contributed by atoms with van der Waals surface area (Å²) in [4.78, 5) is 5.24. The van der Waals surface area contributed by atoms with Gasteiger partial charge in [0.25, 0.3) is 0 Å². The fourth-order valence-electron chi connectivity index (χ4n) is 1.72. The molecule has 2 N–H and O–H groups in total. The molecule has 0 saturated carbocycles. The standard InChI is InChI=1S/C13H17FN4S/c1-7-5-12(19-13-16-9(3)17-18-13)10(6-11(7)14)8(2)15-4/h5-6,8,15H,1-4H3,(H,16,17,18). The number of nitrogens with one attached hydrogen (secondary N) is 2. The predicted molar refractivity (Wildman–Crippen MR) is 73.9 cm³/mol. The predicted octanol–water partition coefficient (Wildman–Crippen LogP) is 2.99. The van der Waals surface area contributed by atoms with Gasteiger partial charge in [-0.2, -0.15) is 0 Å². The van der Waals surface area contributed by atoms with E-state index < -0.39 is 0 Å². The van der Waals surface area contributed by atoms with Crippen molar-refractivity contribution in [2.45, 2.75) is 36.9 Å². The molecular weight excluding hydrogens is 263 g/mol. The van der Waals surface area contributed by atoms with Gasteiger partial charge in [0.05, 0.1) is 0 Å². The van der Waals surface area contributed by atoms with Crippen LogP contribution in [0.4, 0.5) is 4.39 Å². The first-order valence-electron chi connectivity index (χ1n) is 6.05. The van der Waals surface area contributed by atoms with E-state index in [4.69, 9.17) is 0 Å². The first kappa shape index (κ1) is 14.0. The molecule has 1 aromatic heterocycles. The van der Waals surface area contributed by atoms with E-state index >= 15 is 0 Å². The van der Waals surface area contributed by atoms with Crippen LogP contribution in [0.2, 0.25) is 0 Å². The van der Waals surface area contributed by atoms with Crippen molar-refractivity contribution >= 4 is 11.8 Å². The summed E-state index contributed by atoms with van der Waals surface area (Å²) in [6, 6.07) is 3.49. The Morgan fingerprint density at radius 1 is 1.37 bits per heavy atom. The molecule has 0 aliphatic heterocycles. The fourth-order valence-corrected chi connectivity index (χ4v) is 2.78. The van der Waals surface area contributed by atoms with Crippen molar-refractivity contribution < 1.29 is 4.39 Å². The van der Waals surface area contributed by atoms with Gasteiger partial charge in [-0.15, -0.1) is 5.10 Å². The molecule has 1 heterocycles. The van der Waals surface area contributed by atoms with Crippen LogP contribution in [0.15, 0.2) is 22.2 Å². The number of rotatable bonds is 4. The number of benzene rings is 1. The summed E-state index contributed by atoms with van der Waals surface area (Å²) in [6.45, 7) is 5.61. The van der Waals surface area contributed by atoms with E-state index in [0.717, 1.165) is 16.3 Å². The van der Waals surface area contributed by atoms with Gasteiger partial charge in [-0.25, -0.2) is 9.37 Å². The molecule has 0 radical (unpaired) electrons. The van der Waals surface area contributed by atoms with Gasteiger partial charge >= 0.3 is 0 Å². The third-order valence-corrected chi connectivity index (χ3v) is 3.91. The molecule has 2 aromatic rings. The molecule has 0 aliphatic carbocycles. The molecule has 4 nitrogen and oxygen atoms in total. The summed E-state index contributed by atoms with van der Waals surface area (Å²) in [7, 11) is 1.85. The van der Waals surface area contributed by atoms with Crippen LogP contribution in [0.25, 0.3) is 0 Å². The third-order valence-electron chi connectivity index (χ3n) is 2.97. The normalized spacial score (nSPS) is 12.7. The first-order chi connectivity index (χ1) is 9.01. The number of aryl methyl sites for hydroxylation is 2. The lowest BCUT2D eigenvalue weighted by Gasteiger charge is -2.16. The van der Waals surface area contributed by atoms with Crippen molar-refractivity contribution in [3.63, 3.8) is 0 Å². The molecule has 19 heavy (non-hydrogen) atoms. The lowest BCUT2D eigenvalue weighted by atomic mass is 10.1. The Morgan fingerprint density at radius 3 is 2.68 bits per heavy atom. The summed E-state index contributed by atoms with van der Waals surface area (Å²) in [5, 5.41) is 10.7. The maximum Gasteiger partial charge on any atom is 0.213 e. The highest BCUT2D eigenvalue weighted by Crippen LogP contribution is 2.33. The molecule has 0 spiro atoms. The van der Waals surface area contributed by atoms with Crippen LogP contribution in [-0.2, 0) is 0 Å². The Labute approximate surface area is 116 Å². The van der Waals surface area contributed by atoms with Gasteiger partial charge in [0, 0.05) is 10.9 Å². The van der Waals surface area contributed by atoms with Gasteiger partial charge in [0.2, 0.25) is 5.16 Å². The number of H-pyrrole nitrogens is 1. The van der Waals surface area contributed by atoms with E-state index in [1.165, 1.54) is 11.8 Å². The summed E-state index contributed by atoms with van der Waals surface area (Å²) < 4.78 is 13.7. The van der Waals surface area contributed by atoms with Crippen LogP contribution in [0.1, 0.15) is 29.9 Å². The Bertz CT molecular complexity index is 582. The lowest BCUT2D eigenvalue weighted by Crippen LogP contribution is -2.13. The van der Waals surface area contributed by atoms with E-state index in [1.54, 1.807) is 13.0 Å². The number of aromatic amines is 1. The molecule has 6 heteroatoms. The topological polar surface area (TPSA) is 53.6 Å². The monoisotopic (exact) mass is 280 g/mol. The molecule has 0 aliphatic rings. The zero-order valence-electron chi connectivity index (χ0n) is 11.4. The Hall–Kier alpha value is -1.40. The molecule has 0 bridgehead atoms. The molecule has 1 unspecified atom stereocenters. The number of hydrogen-bond donors (Lipinski definition) is 2. The summed E-state index contributed by atoms with van der Waals surface area (Å²) in [5.74, 6) is 0.581. The zero-order valence-corrected chi connectivity index (χ0v) is 12.2. The van der Waals surface area contributed by atoms with Gasteiger partial charge in [0.15, 0.2) is 0 Å². The second kappa shape index (κ2) is 5.71. The van der Waals surface area contributed by atoms with E-state index in [0.29, 0.717) is 10.7 Å². The van der Waals surface area contributed by atoms with Gasteiger partial charge in [0.1, 0.15) is 11.6 Å². The van der Waals surface area contributed by atoms with Crippen LogP contribution in [0.3, 0.4) is 0 Å². The van der Waals surface area contributed by atoms with Crippen molar-refractivity contribution in [1.82, 2.24) is 20.5 Å². The molecule has 0 amide bonds. The smallest absolute Gasteiger partial charge is 0.213 e. The Kier molecular flexibility index (Phi) is 4.21. The van der Waals surface area contributed by atoms with Gasteiger partial charge in [-0.3, -0.25) is 5.10 Å². The van der Waals surface area contributed by atoms with Crippen molar-refractivity contribution in [2.75, 3.05) is 7.05 Å². The van der Waals surface area contributed by atoms with E-state index in [2.05, 4.69) is 20.5 Å². The number of halogens is 1. The average Bonchev–Trinajstić information content (AvgIpc) is 2.78. The number of aromatic nitrogens is 3. The molecule has 0 fully saturated rings. The van der Waals surface area contributed by atoms with Gasteiger partial charge < -0.3 is 5.32 Å². The van der Waals surface area contributed by atoms with E-state index in [1.807, 2.05) is 27.0 Å². The second-order valence-corrected chi connectivity index (χ2v) is 5.46. The van der Waals surface area contributed by atoms with Crippen LogP contribution in [0, 0.1) is 19.7 Å². The summed E-state index contributed by atoms with van der Waals surface area (Å²) in [5.41, 5.74) is 1.54. The highest BCUT2D eigenvalue weighted by Gasteiger charge is 2.15. The summed E-state index contributed by atoms with van der Waals surface area (Å²) in [6.07, 6.45) is 0. The number of nitrogens with zero attached hydrogens (tertiary/aromatic N) is 2. The Balaban J connectivity index is 2.39. The fraction of sp³-hybridized carbons (Fsp3) is 0.385. The molecule has 1 aromatic carbocycles. The van der Waals surface area contributed by atoms with Crippen LogP contribution < -0.4 is 5.32 Å². The van der Waals surface area contributed by atoms with Crippen molar-refractivity contribution in [2.24, 2.45) is 0 Å². The molecular formula is C13H17FN4S. The minimum atomic E-state index is -0.187. The van der Waals surface area contributed by atoms with Crippen LogP contribution >= 0.6 is 11.8 Å². The average molecular weight is 280 g/mol. The quantitative estimate of drug-likeness (QED) is 0.904. The highest BCUT2D eigenvalue weighted by atomic mass is 32.2. The Morgan fingerprint density at radius 2 is 2.11 bits per heavy atom. The molecule has 102 valence electrons. The molecule has 0 saturated heterocycles. The first-order valence-corrected chi connectivity index (χ1v) is 6.87. The largest absolute Gasteiger partial charge is 0.313 e. The van der Waals surface area contributed by atoms with Crippen molar-refractivity contribution in [1.29, 1.82) is 0 Å². The van der Waals surface area contributed by atoms with Gasteiger partial charge in [-0.1, -0.05) is 0 Å². The number of hydrogen-bond acceptors (Lipinski definition) is 4. The minimum absolute atomic E-state index is 0.0673. The molecule has 2 rings (SSSR count). The highest BCUT2D eigenvalue weighted by molar-refractivity contribution is 7.99. The van der Waals surface area contributed by atoms with E-state index in [9.17, 15) is 4.39 Å². The zero-order chi connectivity index (χ0) is 14.0. The maximum absolute atomic E-state index is 13.7. The molecule has 1 atom stereocenters.